The van der Waals surface area contributed by atoms with Gasteiger partial charge in [0.2, 0.25) is 0 Å². The molecule has 29 heavy (non-hydrogen) atoms. The van der Waals surface area contributed by atoms with E-state index < -0.39 is 15.9 Å². The standard InChI is InChI=1S/C22H17NO5S/c1-27-18-13-11-17(12-14-18)23(29(25,26)19-8-3-2-4-9-19)22(24)21-15-16-7-5-6-10-20(16)28-21/h2-15H,1H3. The van der Waals surface area contributed by atoms with E-state index in [2.05, 4.69) is 0 Å². The van der Waals surface area contributed by atoms with Crippen molar-refractivity contribution in [1.82, 2.24) is 0 Å². The first-order chi connectivity index (χ1) is 14.0. The van der Waals surface area contributed by atoms with Crippen LogP contribution in [0.5, 0.6) is 5.75 Å². The van der Waals surface area contributed by atoms with E-state index in [9.17, 15) is 13.2 Å². The normalized spacial score (nSPS) is 11.3. The predicted octanol–water partition coefficient (Wildman–Crippen LogP) is 4.48. The van der Waals surface area contributed by atoms with Gasteiger partial charge in [0, 0.05) is 5.39 Å². The van der Waals surface area contributed by atoms with Crippen LogP contribution in [0.2, 0.25) is 0 Å². The largest absolute Gasteiger partial charge is 0.497 e. The van der Waals surface area contributed by atoms with Gasteiger partial charge in [-0.2, -0.15) is 4.31 Å². The lowest BCUT2D eigenvalue weighted by molar-refractivity contribution is 0.0981. The summed E-state index contributed by atoms with van der Waals surface area (Å²) in [6.07, 6.45) is 0. The molecule has 4 aromatic rings. The van der Waals surface area contributed by atoms with Crippen molar-refractivity contribution < 1.29 is 22.4 Å². The molecular formula is C22H17NO5S. The number of nitrogens with zero attached hydrogens (tertiary/aromatic N) is 1. The van der Waals surface area contributed by atoms with Gasteiger partial charge in [0.15, 0.2) is 5.76 Å². The number of carbonyl (C=O) groups is 1. The van der Waals surface area contributed by atoms with Gasteiger partial charge in [-0.05, 0) is 48.5 Å². The first kappa shape index (κ1) is 18.8. The van der Waals surface area contributed by atoms with Crippen molar-refractivity contribution in [3.05, 3.63) is 90.7 Å². The Morgan fingerprint density at radius 2 is 1.55 bits per heavy atom. The highest BCUT2D eigenvalue weighted by Gasteiger charge is 2.33. The molecule has 0 radical (unpaired) electrons. The SMILES string of the molecule is COc1ccc(N(C(=O)c2cc3ccccc3o2)S(=O)(=O)c2ccccc2)cc1. The minimum absolute atomic E-state index is 0.000258. The average Bonchev–Trinajstić information content (AvgIpc) is 3.19. The highest BCUT2D eigenvalue weighted by Crippen LogP contribution is 2.29. The number of methoxy groups -OCH3 is 1. The third-order valence-corrected chi connectivity index (χ3v) is 6.13. The molecule has 0 unspecified atom stereocenters. The lowest BCUT2D eigenvalue weighted by atomic mass is 10.2. The molecule has 0 aliphatic heterocycles. The van der Waals surface area contributed by atoms with Gasteiger partial charge in [0.05, 0.1) is 17.7 Å². The zero-order valence-electron chi connectivity index (χ0n) is 15.5. The fourth-order valence-electron chi connectivity index (χ4n) is 2.97. The molecule has 0 aliphatic carbocycles. The number of hydrogen-bond donors (Lipinski definition) is 0. The van der Waals surface area contributed by atoms with Crippen LogP contribution in [0, 0.1) is 0 Å². The molecule has 146 valence electrons. The van der Waals surface area contributed by atoms with Crippen LogP contribution in [0.3, 0.4) is 0 Å². The summed E-state index contributed by atoms with van der Waals surface area (Å²) in [5.41, 5.74) is 0.683. The van der Waals surface area contributed by atoms with Crippen molar-refractivity contribution in [1.29, 1.82) is 0 Å². The Balaban J connectivity index is 1.86. The van der Waals surface area contributed by atoms with Gasteiger partial charge in [-0.3, -0.25) is 4.79 Å². The summed E-state index contributed by atoms with van der Waals surface area (Å²) in [4.78, 5) is 13.3. The van der Waals surface area contributed by atoms with Gasteiger partial charge in [-0.15, -0.1) is 0 Å². The molecular weight excluding hydrogens is 390 g/mol. The molecule has 7 heteroatoms. The van der Waals surface area contributed by atoms with Gasteiger partial charge >= 0.3 is 5.91 Å². The second-order valence-corrected chi connectivity index (χ2v) is 8.02. The summed E-state index contributed by atoms with van der Waals surface area (Å²) in [6.45, 7) is 0. The third-order valence-electron chi connectivity index (χ3n) is 4.41. The van der Waals surface area contributed by atoms with Crippen molar-refractivity contribution in [2.45, 2.75) is 4.90 Å². The Morgan fingerprint density at radius 3 is 2.21 bits per heavy atom. The number of sulfonamides is 1. The summed E-state index contributed by atoms with van der Waals surface area (Å²) in [5.74, 6) is -0.307. The van der Waals surface area contributed by atoms with Crippen molar-refractivity contribution in [3.63, 3.8) is 0 Å². The molecule has 0 N–H and O–H groups in total. The molecule has 0 bridgehead atoms. The fourth-order valence-corrected chi connectivity index (χ4v) is 4.39. The van der Waals surface area contributed by atoms with E-state index in [4.69, 9.17) is 9.15 Å². The number of rotatable bonds is 5. The number of benzene rings is 3. The highest BCUT2D eigenvalue weighted by molar-refractivity contribution is 7.93. The molecule has 0 atom stereocenters. The third kappa shape index (κ3) is 3.48. The monoisotopic (exact) mass is 407 g/mol. The first-order valence-corrected chi connectivity index (χ1v) is 10.2. The van der Waals surface area contributed by atoms with Gasteiger partial charge < -0.3 is 9.15 Å². The van der Waals surface area contributed by atoms with Crippen molar-refractivity contribution in [3.8, 4) is 5.75 Å². The second-order valence-electron chi connectivity index (χ2n) is 6.23. The maximum atomic E-state index is 13.3. The topological polar surface area (TPSA) is 76.8 Å². The number of anilines is 1. The van der Waals surface area contributed by atoms with Gasteiger partial charge in [-0.1, -0.05) is 36.4 Å². The highest BCUT2D eigenvalue weighted by atomic mass is 32.2. The van der Waals surface area contributed by atoms with Crippen molar-refractivity contribution >= 4 is 32.6 Å². The first-order valence-electron chi connectivity index (χ1n) is 8.78. The number of carbonyl (C=O) groups excluding carboxylic acids is 1. The molecule has 0 saturated heterocycles. The van der Waals surface area contributed by atoms with Gasteiger partial charge in [-0.25, -0.2) is 8.42 Å². The number of ether oxygens (including phenoxy) is 1. The molecule has 4 rings (SSSR count). The molecule has 0 fully saturated rings. The maximum absolute atomic E-state index is 13.3. The maximum Gasteiger partial charge on any atom is 0.308 e. The van der Waals surface area contributed by atoms with E-state index in [0.29, 0.717) is 16.7 Å². The van der Waals surface area contributed by atoms with Crippen molar-refractivity contribution in [2.75, 3.05) is 11.4 Å². The number of furan rings is 1. The van der Waals surface area contributed by atoms with E-state index in [1.807, 2.05) is 6.07 Å². The van der Waals surface area contributed by atoms with E-state index in [1.54, 1.807) is 48.5 Å². The molecule has 0 spiro atoms. The minimum atomic E-state index is -4.18. The fraction of sp³-hybridized carbons (Fsp3) is 0.0455. The summed E-state index contributed by atoms with van der Waals surface area (Å²) >= 11 is 0. The van der Waals surface area contributed by atoms with E-state index in [0.717, 1.165) is 4.31 Å². The number of para-hydroxylation sites is 1. The Morgan fingerprint density at radius 1 is 0.897 bits per heavy atom. The number of fused-ring (bicyclic) bond motifs is 1. The Hall–Kier alpha value is -3.58. The number of hydrogen-bond acceptors (Lipinski definition) is 5. The quantitative estimate of drug-likeness (QED) is 0.488. The van der Waals surface area contributed by atoms with E-state index >= 15 is 0 Å². The zero-order valence-corrected chi connectivity index (χ0v) is 16.3. The molecule has 3 aromatic carbocycles. The molecule has 1 heterocycles. The zero-order chi connectivity index (χ0) is 20.4. The van der Waals surface area contributed by atoms with Gasteiger partial charge in [0.25, 0.3) is 10.0 Å². The van der Waals surface area contributed by atoms with Crippen molar-refractivity contribution in [2.24, 2.45) is 0 Å². The minimum Gasteiger partial charge on any atom is -0.497 e. The Bertz CT molecular complexity index is 1230. The predicted molar refractivity (Wildman–Crippen MR) is 110 cm³/mol. The van der Waals surface area contributed by atoms with Crippen LogP contribution in [0.25, 0.3) is 11.0 Å². The lowest BCUT2D eigenvalue weighted by Gasteiger charge is -2.22. The number of amides is 1. The van der Waals surface area contributed by atoms with Crippen LogP contribution < -0.4 is 9.04 Å². The van der Waals surface area contributed by atoms with Crippen LogP contribution in [0.15, 0.2) is 94.2 Å². The van der Waals surface area contributed by atoms with Crippen LogP contribution in [-0.2, 0) is 10.0 Å². The molecule has 6 nitrogen and oxygen atoms in total. The summed E-state index contributed by atoms with van der Waals surface area (Å²) in [5, 5.41) is 0.711. The van der Waals surface area contributed by atoms with E-state index in [-0.39, 0.29) is 16.3 Å². The summed E-state index contributed by atoms with van der Waals surface area (Å²) in [7, 11) is -2.67. The second kappa shape index (κ2) is 7.44. The van der Waals surface area contributed by atoms with Crippen LogP contribution in [0.1, 0.15) is 10.6 Å². The molecule has 0 aliphatic rings. The van der Waals surface area contributed by atoms with Gasteiger partial charge in [0.1, 0.15) is 11.3 Å². The molecule has 1 amide bonds. The van der Waals surface area contributed by atoms with Crippen LogP contribution in [-0.4, -0.2) is 21.4 Å². The smallest absolute Gasteiger partial charge is 0.308 e. The summed E-state index contributed by atoms with van der Waals surface area (Å²) < 4.78 is 38.2. The van der Waals surface area contributed by atoms with E-state index in [1.165, 1.54) is 37.4 Å². The Labute approximate surface area is 168 Å². The summed E-state index contributed by atoms with van der Waals surface area (Å²) in [6, 6.07) is 22.6. The van der Waals surface area contributed by atoms with Crippen LogP contribution in [0.4, 0.5) is 5.69 Å². The lowest BCUT2D eigenvalue weighted by Crippen LogP contribution is -2.36. The molecule has 0 saturated carbocycles. The van der Waals surface area contributed by atoms with Crippen LogP contribution >= 0.6 is 0 Å². The average molecular weight is 407 g/mol. The Kier molecular flexibility index (Phi) is 4.82. The molecule has 1 aromatic heterocycles.